The molecule has 0 radical (unpaired) electrons. The molecular weight excluding hydrogens is 340 g/mol. The monoisotopic (exact) mass is 351 g/mol. The van der Waals surface area contributed by atoms with Gasteiger partial charge in [0.05, 0.1) is 10.5 Å². The maximum atomic E-state index is 12.0. The number of alkyl halides is 2. The topological polar surface area (TPSA) is 95.7 Å². The first kappa shape index (κ1) is 18.0. The first-order valence-electron chi connectivity index (χ1n) is 6.86. The van der Waals surface area contributed by atoms with E-state index in [1.807, 2.05) is 0 Å². The van der Waals surface area contributed by atoms with E-state index in [9.17, 15) is 28.5 Å². The number of hydrogen-bond donors (Lipinski definition) is 0. The molecule has 0 aliphatic rings. The minimum atomic E-state index is -2.97. The molecule has 2 aromatic carbocycles. The molecule has 25 heavy (non-hydrogen) atoms. The van der Waals surface area contributed by atoms with Crippen molar-refractivity contribution in [1.82, 2.24) is 0 Å². The summed E-state index contributed by atoms with van der Waals surface area (Å²) in [6, 6.07) is 9.61. The van der Waals surface area contributed by atoms with Crippen molar-refractivity contribution in [2.75, 3.05) is 6.61 Å². The first-order valence-corrected chi connectivity index (χ1v) is 6.86. The van der Waals surface area contributed by atoms with Crippen molar-refractivity contribution < 1.29 is 32.8 Å². The number of rotatable bonds is 7. The molecule has 0 fully saturated rings. The third-order valence-electron chi connectivity index (χ3n) is 3.05. The van der Waals surface area contributed by atoms with Crippen LogP contribution >= 0.6 is 0 Å². The third-order valence-corrected chi connectivity index (χ3v) is 3.05. The molecule has 9 heteroatoms. The van der Waals surface area contributed by atoms with E-state index < -0.39 is 29.9 Å². The Kier molecular flexibility index (Phi) is 5.72. The molecule has 0 aliphatic heterocycles. The Balaban J connectivity index is 1.92. The maximum Gasteiger partial charge on any atom is 0.387 e. The fourth-order valence-corrected chi connectivity index (χ4v) is 1.84. The largest absolute Gasteiger partial charge is 0.454 e. The molecule has 0 aliphatic carbocycles. The Morgan fingerprint density at radius 1 is 1.00 bits per heavy atom. The summed E-state index contributed by atoms with van der Waals surface area (Å²) in [5.74, 6) is -1.46. The zero-order valence-electron chi connectivity index (χ0n) is 12.6. The molecule has 130 valence electrons. The number of carbonyl (C=O) groups is 2. The van der Waals surface area contributed by atoms with E-state index in [-0.39, 0.29) is 22.6 Å². The number of esters is 1. The summed E-state index contributed by atoms with van der Waals surface area (Å²) in [4.78, 5) is 33.6. The Morgan fingerprint density at radius 2 is 1.56 bits per heavy atom. The van der Waals surface area contributed by atoms with Gasteiger partial charge in [0, 0.05) is 17.7 Å². The van der Waals surface area contributed by atoms with E-state index in [2.05, 4.69) is 4.74 Å². The second-order valence-corrected chi connectivity index (χ2v) is 4.71. The smallest absolute Gasteiger partial charge is 0.387 e. The van der Waals surface area contributed by atoms with Crippen LogP contribution < -0.4 is 4.74 Å². The van der Waals surface area contributed by atoms with E-state index in [0.29, 0.717) is 0 Å². The Bertz CT molecular complexity index is 774. The quantitative estimate of drug-likeness (QED) is 0.329. The van der Waals surface area contributed by atoms with Crippen molar-refractivity contribution in [1.29, 1.82) is 0 Å². The maximum absolute atomic E-state index is 12.0. The zero-order valence-corrected chi connectivity index (χ0v) is 12.6. The Morgan fingerprint density at radius 3 is 2.08 bits per heavy atom. The summed E-state index contributed by atoms with van der Waals surface area (Å²) in [7, 11) is 0. The molecule has 2 rings (SSSR count). The molecular formula is C16H11F2NO6. The van der Waals surface area contributed by atoms with E-state index in [4.69, 9.17) is 4.74 Å². The predicted octanol–water partition coefficient (Wildman–Crippen LogP) is 3.24. The highest BCUT2D eigenvalue weighted by Gasteiger charge is 2.14. The van der Waals surface area contributed by atoms with Crippen LogP contribution in [0.4, 0.5) is 14.5 Å². The van der Waals surface area contributed by atoms with Crippen LogP contribution in [0.5, 0.6) is 5.75 Å². The summed E-state index contributed by atoms with van der Waals surface area (Å²) in [6.45, 7) is -3.53. The van der Waals surface area contributed by atoms with Crippen molar-refractivity contribution in [2.24, 2.45) is 0 Å². The number of non-ortho nitro benzene ring substituents is 1. The lowest BCUT2D eigenvalue weighted by Gasteiger charge is -2.06. The Hall–Kier alpha value is -3.36. The molecule has 0 amide bonds. The molecule has 0 unspecified atom stereocenters. The molecule has 0 bridgehead atoms. The van der Waals surface area contributed by atoms with Crippen molar-refractivity contribution in [2.45, 2.75) is 6.61 Å². The number of nitro groups is 1. The van der Waals surface area contributed by atoms with Gasteiger partial charge in [0.25, 0.3) is 5.69 Å². The van der Waals surface area contributed by atoms with Gasteiger partial charge in [-0.25, -0.2) is 4.79 Å². The highest BCUT2D eigenvalue weighted by atomic mass is 19.3. The Labute approximate surface area is 139 Å². The lowest BCUT2D eigenvalue weighted by molar-refractivity contribution is -0.384. The molecule has 0 saturated heterocycles. The van der Waals surface area contributed by atoms with E-state index in [1.54, 1.807) is 0 Å². The number of ketones is 1. The number of nitrogens with zero attached hydrogens (tertiary/aromatic N) is 1. The second-order valence-electron chi connectivity index (χ2n) is 4.71. The number of carbonyl (C=O) groups excluding carboxylic acids is 2. The molecule has 2 aromatic rings. The molecule has 0 N–H and O–H groups in total. The van der Waals surface area contributed by atoms with Gasteiger partial charge in [-0.3, -0.25) is 14.9 Å². The number of benzene rings is 2. The predicted molar refractivity (Wildman–Crippen MR) is 80.8 cm³/mol. The zero-order chi connectivity index (χ0) is 18.4. The van der Waals surface area contributed by atoms with Crippen LogP contribution in [0.1, 0.15) is 20.7 Å². The molecule has 0 aromatic heterocycles. The standard InChI is InChI=1S/C16H11F2NO6/c17-16(18)25-13-7-3-10(4-8-13)14(20)9-24-15(21)11-1-5-12(6-2-11)19(22)23/h1-8,16H,9H2. The summed E-state index contributed by atoms with van der Waals surface area (Å²) >= 11 is 0. The van der Waals surface area contributed by atoms with Crippen LogP contribution in [0.15, 0.2) is 48.5 Å². The van der Waals surface area contributed by atoms with Crippen molar-refractivity contribution >= 4 is 17.4 Å². The van der Waals surface area contributed by atoms with Gasteiger partial charge in [-0.1, -0.05) is 0 Å². The van der Waals surface area contributed by atoms with E-state index in [0.717, 1.165) is 12.1 Å². The van der Waals surface area contributed by atoms with E-state index in [1.165, 1.54) is 36.4 Å². The summed E-state index contributed by atoms with van der Waals surface area (Å²) in [5, 5.41) is 10.5. The third kappa shape index (κ3) is 5.06. The van der Waals surface area contributed by atoms with Gasteiger partial charge in [-0.05, 0) is 36.4 Å². The molecule has 0 atom stereocenters. The number of ether oxygens (including phenoxy) is 2. The van der Waals surface area contributed by atoms with Crippen molar-refractivity contribution in [3.05, 3.63) is 69.8 Å². The summed E-state index contributed by atoms with van der Waals surface area (Å²) < 4.78 is 33.1. The van der Waals surface area contributed by atoms with Crippen LogP contribution in [0.25, 0.3) is 0 Å². The summed E-state index contributed by atoms with van der Waals surface area (Å²) in [5.41, 5.74) is 0.0240. The number of hydrogen-bond acceptors (Lipinski definition) is 6. The van der Waals surface area contributed by atoms with Gasteiger partial charge >= 0.3 is 12.6 Å². The van der Waals surface area contributed by atoms with Crippen LogP contribution in [0, 0.1) is 10.1 Å². The molecule has 7 nitrogen and oxygen atoms in total. The SMILES string of the molecule is O=C(COC(=O)c1ccc([N+](=O)[O-])cc1)c1ccc(OC(F)F)cc1. The minimum absolute atomic E-state index is 0.0547. The van der Waals surface area contributed by atoms with Crippen LogP contribution in [0.2, 0.25) is 0 Å². The van der Waals surface area contributed by atoms with Gasteiger partial charge in [0.15, 0.2) is 12.4 Å². The summed E-state index contributed by atoms with van der Waals surface area (Å²) in [6.07, 6.45) is 0. The van der Waals surface area contributed by atoms with Crippen LogP contribution in [-0.2, 0) is 4.74 Å². The fourth-order valence-electron chi connectivity index (χ4n) is 1.84. The van der Waals surface area contributed by atoms with Gasteiger partial charge in [-0.2, -0.15) is 8.78 Å². The first-order chi connectivity index (χ1) is 11.9. The highest BCUT2D eigenvalue weighted by Crippen LogP contribution is 2.16. The highest BCUT2D eigenvalue weighted by molar-refractivity contribution is 5.99. The average Bonchev–Trinajstić information content (AvgIpc) is 2.59. The second kappa shape index (κ2) is 7.95. The molecule has 0 saturated carbocycles. The average molecular weight is 351 g/mol. The van der Waals surface area contributed by atoms with Crippen LogP contribution in [-0.4, -0.2) is 29.9 Å². The van der Waals surface area contributed by atoms with Crippen molar-refractivity contribution in [3.63, 3.8) is 0 Å². The van der Waals surface area contributed by atoms with Crippen LogP contribution in [0.3, 0.4) is 0 Å². The number of halogens is 2. The number of nitro benzene ring substituents is 1. The lowest BCUT2D eigenvalue weighted by atomic mass is 10.1. The fraction of sp³-hybridized carbons (Fsp3) is 0.125. The van der Waals surface area contributed by atoms with Gasteiger partial charge in [0.2, 0.25) is 0 Å². The minimum Gasteiger partial charge on any atom is -0.454 e. The van der Waals surface area contributed by atoms with E-state index >= 15 is 0 Å². The molecule has 0 spiro atoms. The molecule has 0 heterocycles. The van der Waals surface area contributed by atoms with Gasteiger partial charge < -0.3 is 9.47 Å². The lowest BCUT2D eigenvalue weighted by Crippen LogP contribution is -2.14. The van der Waals surface area contributed by atoms with Gasteiger partial charge in [-0.15, -0.1) is 0 Å². The van der Waals surface area contributed by atoms with Crippen molar-refractivity contribution in [3.8, 4) is 5.75 Å². The number of Topliss-reactive ketones (excluding diaryl/α,β-unsaturated/α-hetero) is 1. The van der Waals surface area contributed by atoms with Gasteiger partial charge in [0.1, 0.15) is 5.75 Å². The normalized spacial score (nSPS) is 10.4.